The Balaban J connectivity index is 1.70. The van der Waals surface area contributed by atoms with E-state index in [2.05, 4.69) is 15.3 Å². The molecule has 0 spiro atoms. The SMILES string of the molecule is CC(c1ccc(F)cc1)N1CCCC(Nc2cnc(C(=O)O)cn2)C1=O. The van der Waals surface area contributed by atoms with Crippen molar-refractivity contribution in [3.8, 4) is 0 Å². The summed E-state index contributed by atoms with van der Waals surface area (Å²) in [7, 11) is 0. The summed E-state index contributed by atoms with van der Waals surface area (Å²) in [5.41, 5.74) is 0.711. The van der Waals surface area contributed by atoms with Gasteiger partial charge in [-0.25, -0.2) is 19.2 Å². The molecule has 0 radical (unpaired) electrons. The van der Waals surface area contributed by atoms with E-state index in [4.69, 9.17) is 5.11 Å². The molecule has 26 heavy (non-hydrogen) atoms. The number of aromatic nitrogens is 2. The number of anilines is 1. The van der Waals surface area contributed by atoms with E-state index in [1.807, 2.05) is 6.92 Å². The van der Waals surface area contributed by atoms with Gasteiger partial charge in [-0.05, 0) is 37.5 Å². The van der Waals surface area contributed by atoms with Gasteiger partial charge in [-0.3, -0.25) is 4.79 Å². The van der Waals surface area contributed by atoms with E-state index in [0.29, 0.717) is 18.8 Å². The van der Waals surface area contributed by atoms with Crippen LogP contribution < -0.4 is 5.32 Å². The lowest BCUT2D eigenvalue weighted by Crippen LogP contribution is -2.48. The first-order valence-corrected chi connectivity index (χ1v) is 8.33. The number of carboxylic acid groups (broad SMARTS) is 1. The molecule has 1 aromatic carbocycles. The van der Waals surface area contributed by atoms with Crippen LogP contribution >= 0.6 is 0 Å². The summed E-state index contributed by atoms with van der Waals surface area (Å²) in [5, 5.41) is 11.9. The van der Waals surface area contributed by atoms with Crippen LogP contribution in [0.3, 0.4) is 0 Å². The maximum atomic E-state index is 13.1. The molecular weight excluding hydrogens is 339 g/mol. The van der Waals surface area contributed by atoms with Gasteiger partial charge in [0.1, 0.15) is 17.7 Å². The Kier molecular flexibility index (Phi) is 5.11. The van der Waals surface area contributed by atoms with Gasteiger partial charge < -0.3 is 15.3 Å². The first kappa shape index (κ1) is 17.8. The molecule has 1 saturated heterocycles. The lowest BCUT2D eigenvalue weighted by Gasteiger charge is -2.37. The Morgan fingerprint density at radius 1 is 1.31 bits per heavy atom. The maximum Gasteiger partial charge on any atom is 0.356 e. The topological polar surface area (TPSA) is 95.4 Å². The fraction of sp³-hybridized carbons (Fsp3) is 0.333. The Morgan fingerprint density at radius 3 is 2.65 bits per heavy atom. The number of aromatic carboxylic acids is 1. The minimum atomic E-state index is -1.16. The summed E-state index contributed by atoms with van der Waals surface area (Å²) in [6.45, 7) is 2.54. The van der Waals surface area contributed by atoms with Crippen molar-refractivity contribution in [1.82, 2.24) is 14.9 Å². The lowest BCUT2D eigenvalue weighted by atomic mass is 9.99. The average molecular weight is 358 g/mol. The Morgan fingerprint density at radius 2 is 2.04 bits per heavy atom. The number of piperidine rings is 1. The number of hydrogen-bond donors (Lipinski definition) is 2. The average Bonchev–Trinajstić information content (AvgIpc) is 2.64. The summed E-state index contributed by atoms with van der Waals surface area (Å²) in [6, 6.07) is 5.50. The van der Waals surface area contributed by atoms with Crippen LogP contribution in [0.4, 0.5) is 10.2 Å². The number of nitrogens with one attached hydrogen (secondary N) is 1. The highest BCUT2D eigenvalue weighted by atomic mass is 19.1. The Bertz CT molecular complexity index is 795. The molecular formula is C18H19FN4O3. The highest BCUT2D eigenvalue weighted by molar-refractivity contribution is 5.86. The molecule has 1 amide bonds. The van der Waals surface area contributed by atoms with E-state index in [1.54, 1.807) is 17.0 Å². The smallest absolute Gasteiger partial charge is 0.356 e. The van der Waals surface area contributed by atoms with Gasteiger partial charge in [0.15, 0.2) is 5.69 Å². The normalized spacial score (nSPS) is 18.5. The van der Waals surface area contributed by atoms with E-state index in [1.165, 1.54) is 18.3 Å². The molecule has 8 heteroatoms. The summed E-state index contributed by atoms with van der Waals surface area (Å²) in [4.78, 5) is 33.2. The fourth-order valence-corrected chi connectivity index (χ4v) is 3.03. The molecule has 1 fully saturated rings. The molecule has 136 valence electrons. The first-order valence-electron chi connectivity index (χ1n) is 8.33. The summed E-state index contributed by atoms with van der Waals surface area (Å²) in [6.07, 6.45) is 3.92. The molecule has 2 heterocycles. The quantitative estimate of drug-likeness (QED) is 0.853. The molecule has 1 aliphatic rings. The molecule has 7 nitrogen and oxygen atoms in total. The zero-order valence-corrected chi connectivity index (χ0v) is 14.2. The van der Waals surface area contributed by atoms with Crippen LogP contribution in [0.2, 0.25) is 0 Å². The number of halogens is 1. The van der Waals surface area contributed by atoms with Gasteiger partial charge >= 0.3 is 5.97 Å². The van der Waals surface area contributed by atoms with Crippen LogP contribution in [0.15, 0.2) is 36.7 Å². The molecule has 2 unspecified atom stereocenters. The Labute approximate surface area is 149 Å². The lowest BCUT2D eigenvalue weighted by molar-refractivity contribution is -0.136. The molecule has 0 saturated carbocycles. The van der Waals surface area contributed by atoms with Crippen molar-refractivity contribution in [3.05, 3.63) is 53.7 Å². The van der Waals surface area contributed by atoms with Crippen molar-refractivity contribution < 1.29 is 19.1 Å². The number of hydrogen-bond acceptors (Lipinski definition) is 5. The van der Waals surface area contributed by atoms with E-state index in [9.17, 15) is 14.0 Å². The van der Waals surface area contributed by atoms with Crippen LogP contribution in [-0.2, 0) is 4.79 Å². The Hall–Kier alpha value is -3.03. The van der Waals surface area contributed by atoms with Crippen LogP contribution in [0.25, 0.3) is 0 Å². The van der Waals surface area contributed by atoms with Crippen LogP contribution in [0, 0.1) is 5.82 Å². The molecule has 1 aliphatic heterocycles. The van der Waals surface area contributed by atoms with Crippen molar-refractivity contribution in [3.63, 3.8) is 0 Å². The van der Waals surface area contributed by atoms with Crippen molar-refractivity contribution in [2.24, 2.45) is 0 Å². The predicted molar refractivity (Wildman–Crippen MR) is 92.2 cm³/mol. The number of benzene rings is 1. The van der Waals surface area contributed by atoms with Gasteiger partial charge in [-0.2, -0.15) is 0 Å². The highest BCUT2D eigenvalue weighted by Gasteiger charge is 2.32. The summed E-state index contributed by atoms with van der Waals surface area (Å²) >= 11 is 0. The molecule has 1 aromatic heterocycles. The van der Waals surface area contributed by atoms with Gasteiger partial charge in [0.2, 0.25) is 5.91 Å². The van der Waals surface area contributed by atoms with E-state index in [-0.39, 0.29) is 23.5 Å². The minimum absolute atomic E-state index is 0.0720. The third-order valence-electron chi connectivity index (χ3n) is 4.49. The van der Waals surface area contributed by atoms with Gasteiger partial charge in [0, 0.05) is 6.54 Å². The largest absolute Gasteiger partial charge is 0.476 e. The predicted octanol–water partition coefficient (Wildman–Crippen LogP) is 2.48. The van der Waals surface area contributed by atoms with Crippen molar-refractivity contribution in [1.29, 1.82) is 0 Å². The zero-order chi connectivity index (χ0) is 18.7. The first-order chi connectivity index (χ1) is 12.5. The van der Waals surface area contributed by atoms with Gasteiger partial charge in [0.25, 0.3) is 0 Å². The van der Waals surface area contributed by atoms with Crippen LogP contribution in [-0.4, -0.2) is 44.4 Å². The molecule has 3 rings (SSSR count). The van der Waals surface area contributed by atoms with Crippen molar-refractivity contribution in [2.45, 2.75) is 31.8 Å². The zero-order valence-electron chi connectivity index (χ0n) is 14.2. The monoisotopic (exact) mass is 358 g/mol. The number of rotatable bonds is 5. The van der Waals surface area contributed by atoms with E-state index < -0.39 is 12.0 Å². The van der Waals surface area contributed by atoms with Crippen LogP contribution in [0.5, 0.6) is 0 Å². The standard InChI is InChI=1S/C18H19FN4O3/c1-11(12-4-6-13(19)7-5-12)23-8-2-3-14(17(23)24)22-16-10-20-15(9-21-16)18(25)26/h4-7,9-11,14H,2-3,8H2,1H3,(H,21,22)(H,25,26). The molecule has 0 aliphatic carbocycles. The van der Waals surface area contributed by atoms with Crippen LogP contribution in [0.1, 0.15) is 41.9 Å². The second-order valence-corrected chi connectivity index (χ2v) is 6.19. The summed E-state index contributed by atoms with van der Waals surface area (Å²) in [5.74, 6) is -1.19. The maximum absolute atomic E-state index is 13.1. The van der Waals surface area contributed by atoms with E-state index >= 15 is 0 Å². The minimum Gasteiger partial charge on any atom is -0.476 e. The number of carboxylic acids is 1. The molecule has 2 atom stereocenters. The van der Waals surface area contributed by atoms with Gasteiger partial charge in [-0.15, -0.1) is 0 Å². The number of carbonyl (C=O) groups is 2. The van der Waals surface area contributed by atoms with Crippen molar-refractivity contribution >= 4 is 17.7 Å². The number of amides is 1. The number of likely N-dealkylation sites (tertiary alicyclic amines) is 1. The second kappa shape index (κ2) is 7.47. The fourth-order valence-electron chi connectivity index (χ4n) is 3.03. The molecule has 2 N–H and O–H groups in total. The third-order valence-corrected chi connectivity index (χ3v) is 4.49. The van der Waals surface area contributed by atoms with Gasteiger partial charge in [0.05, 0.1) is 18.4 Å². The number of carbonyl (C=O) groups excluding carboxylic acids is 1. The number of nitrogens with zero attached hydrogens (tertiary/aromatic N) is 3. The summed E-state index contributed by atoms with van der Waals surface area (Å²) < 4.78 is 13.1. The van der Waals surface area contributed by atoms with E-state index in [0.717, 1.165) is 18.2 Å². The molecule has 0 bridgehead atoms. The van der Waals surface area contributed by atoms with Crippen molar-refractivity contribution in [2.75, 3.05) is 11.9 Å². The third kappa shape index (κ3) is 3.79. The highest BCUT2D eigenvalue weighted by Crippen LogP contribution is 2.26. The molecule has 2 aromatic rings. The van der Waals surface area contributed by atoms with Gasteiger partial charge in [-0.1, -0.05) is 12.1 Å². The second-order valence-electron chi connectivity index (χ2n) is 6.19.